The van der Waals surface area contributed by atoms with Gasteiger partial charge in [-0.2, -0.15) is 0 Å². The van der Waals surface area contributed by atoms with E-state index < -0.39 is 0 Å². The van der Waals surface area contributed by atoms with Gasteiger partial charge < -0.3 is 9.32 Å². The molecular weight excluding hydrogens is 619 g/mol. The minimum atomic E-state index is -0.0662. The molecule has 1 aromatic heterocycles. The summed E-state index contributed by atoms with van der Waals surface area (Å²) in [4.78, 5) is 2.40. The molecule has 2 nitrogen and oxygen atoms in total. The SMILES string of the molecule is CC1(C)c2ccccc2-c2ccc(-c3cccc(N(c4ccc5c(c4)oc4ccccc45)c4ccc5ccccc5c4-c4ccccc4)c3)cc21. The lowest BCUT2D eigenvalue weighted by atomic mass is 9.81. The fraction of sp³-hybridized carbons (Fsp3) is 0.0612. The van der Waals surface area contributed by atoms with Crippen LogP contribution >= 0.6 is 0 Å². The Hall–Kier alpha value is -6.38. The molecule has 0 saturated heterocycles. The minimum Gasteiger partial charge on any atom is -0.456 e. The first-order chi connectivity index (χ1) is 25.0. The molecule has 8 aromatic carbocycles. The van der Waals surface area contributed by atoms with E-state index in [-0.39, 0.29) is 5.41 Å². The third-order valence-corrected chi connectivity index (χ3v) is 10.9. The molecule has 10 rings (SSSR count). The molecule has 0 aliphatic heterocycles. The topological polar surface area (TPSA) is 16.4 Å². The molecular formula is C49H35NO. The lowest BCUT2D eigenvalue weighted by molar-refractivity contribution is 0.660. The van der Waals surface area contributed by atoms with E-state index in [1.54, 1.807) is 0 Å². The van der Waals surface area contributed by atoms with Crippen LogP contribution in [0.1, 0.15) is 25.0 Å². The number of benzene rings is 8. The van der Waals surface area contributed by atoms with E-state index in [4.69, 9.17) is 4.42 Å². The Morgan fingerprint density at radius 1 is 0.431 bits per heavy atom. The summed E-state index contributed by atoms with van der Waals surface area (Å²) in [7, 11) is 0. The first-order valence-electron chi connectivity index (χ1n) is 17.7. The van der Waals surface area contributed by atoms with E-state index in [9.17, 15) is 0 Å². The Kier molecular flexibility index (Phi) is 6.56. The number of para-hydroxylation sites is 1. The molecule has 1 aliphatic carbocycles. The zero-order chi connectivity index (χ0) is 34.1. The van der Waals surface area contributed by atoms with Crippen molar-refractivity contribution in [1.29, 1.82) is 0 Å². The number of hydrogen-bond donors (Lipinski definition) is 0. The summed E-state index contributed by atoms with van der Waals surface area (Å²) >= 11 is 0. The summed E-state index contributed by atoms with van der Waals surface area (Å²) in [6.07, 6.45) is 0. The first kappa shape index (κ1) is 29.5. The maximum atomic E-state index is 6.46. The average Bonchev–Trinajstić information content (AvgIpc) is 3.66. The van der Waals surface area contributed by atoms with Crippen LogP contribution in [0.3, 0.4) is 0 Å². The van der Waals surface area contributed by atoms with E-state index in [1.165, 1.54) is 55.3 Å². The minimum absolute atomic E-state index is 0.0662. The molecule has 2 heteroatoms. The van der Waals surface area contributed by atoms with Crippen molar-refractivity contribution in [2.75, 3.05) is 4.90 Å². The summed E-state index contributed by atoms with van der Waals surface area (Å²) < 4.78 is 6.46. The Labute approximate surface area is 297 Å². The van der Waals surface area contributed by atoms with Crippen LogP contribution < -0.4 is 4.90 Å². The van der Waals surface area contributed by atoms with Crippen LogP contribution in [0, 0.1) is 0 Å². The van der Waals surface area contributed by atoms with Crippen molar-refractivity contribution in [3.63, 3.8) is 0 Å². The number of furan rings is 1. The highest BCUT2D eigenvalue weighted by atomic mass is 16.3. The molecule has 1 heterocycles. The Balaban J connectivity index is 1.19. The molecule has 0 N–H and O–H groups in total. The van der Waals surface area contributed by atoms with Crippen LogP contribution in [-0.2, 0) is 5.41 Å². The second kappa shape index (κ2) is 11.3. The van der Waals surface area contributed by atoms with Gasteiger partial charge >= 0.3 is 0 Å². The Bertz CT molecular complexity index is 2790. The van der Waals surface area contributed by atoms with Crippen molar-refractivity contribution < 1.29 is 4.42 Å². The Morgan fingerprint density at radius 3 is 2.02 bits per heavy atom. The number of nitrogens with zero attached hydrogens (tertiary/aromatic N) is 1. The maximum Gasteiger partial charge on any atom is 0.137 e. The van der Waals surface area contributed by atoms with Gasteiger partial charge in [-0.3, -0.25) is 0 Å². The monoisotopic (exact) mass is 653 g/mol. The van der Waals surface area contributed by atoms with Crippen molar-refractivity contribution in [1.82, 2.24) is 0 Å². The van der Waals surface area contributed by atoms with E-state index >= 15 is 0 Å². The standard InChI is InChI=1S/C49H35NO/c1-49(2)43-21-10-8-19-39(43)40-26-23-35(30-44(40)49)34-16-12-17-36(29-34)50(37-25-27-42-41-20-9-11-22-46(41)51-47(42)31-37)45-28-24-32-13-6-7-18-38(32)48(45)33-14-4-3-5-15-33/h3-31H,1-2H3. The van der Waals surface area contributed by atoms with Crippen molar-refractivity contribution in [3.8, 4) is 33.4 Å². The molecule has 51 heavy (non-hydrogen) atoms. The smallest absolute Gasteiger partial charge is 0.137 e. The van der Waals surface area contributed by atoms with Gasteiger partial charge in [-0.1, -0.05) is 141 Å². The predicted octanol–water partition coefficient (Wildman–Crippen LogP) is 13.8. The second-order valence-corrected chi connectivity index (χ2v) is 14.1. The normalized spacial score (nSPS) is 13.1. The molecule has 0 saturated carbocycles. The van der Waals surface area contributed by atoms with Crippen LogP contribution in [0.2, 0.25) is 0 Å². The van der Waals surface area contributed by atoms with Crippen LogP contribution in [0.25, 0.3) is 66.1 Å². The lowest BCUT2D eigenvalue weighted by Crippen LogP contribution is -2.14. The van der Waals surface area contributed by atoms with E-state index in [2.05, 4.69) is 183 Å². The largest absolute Gasteiger partial charge is 0.456 e. The van der Waals surface area contributed by atoms with Crippen LogP contribution in [0.5, 0.6) is 0 Å². The van der Waals surface area contributed by atoms with Crippen LogP contribution in [-0.4, -0.2) is 0 Å². The molecule has 0 unspecified atom stereocenters. The summed E-state index contributed by atoms with van der Waals surface area (Å²) in [5, 5.41) is 4.67. The highest BCUT2D eigenvalue weighted by Gasteiger charge is 2.35. The van der Waals surface area contributed by atoms with Gasteiger partial charge in [0.05, 0.1) is 5.69 Å². The van der Waals surface area contributed by atoms with Gasteiger partial charge in [0.25, 0.3) is 0 Å². The molecule has 0 atom stereocenters. The lowest BCUT2D eigenvalue weighted by Gasteiger charge is -2.29. The fourth-order valence-corrected chi connectivity index (χ4v) is 8.34. The predicted molar refractivity (Wildman–Crippen MR) is 214 cm³/mol. The summed E-state index contributed by atoms with van der Waals surface area (Å²) in [5.41, 5.74) is 15.1. The van der Waals surface area contributed by atoms with E-state index in [1.807, 2.05) is 12.1 Å². The number of fused-ring (bicyclic) bond motifs is 7. The second-order valence-electron chi connectivity index (χ2n) is 14.1. The van der Waals surface area contributed by atoms with Crippen molar-refractivity contribution in [3.05, 3.63) is 187 Å². The van der Waals surface area contributed by atoms with Crippen LogP contribution in [0.4, 0.5) is 17.1 Å². The molecule has 0 fully saturated rings. The molecule has 0 bridgehead atoms. The molecule has 0 spiro atoms. The fourth-order valence-electron chi connectivity index (χ4n) is 8.34. The van der Waals surface area contributed by atoms with Gasteiger partial charge in [0.2, 0.25) is 0 Å². The van der Waals surface area contributed by atoms with Gasteiger partial charge in [0.1, 0.15) is 11.2 Å². The van der Waals surface area contributed by atoms with Crippen molar-refractivity contribution in [2.24, 2.45) is 0 Å². The highest BCUT2D eigenvalue weighted by molar-refractivity contribution is 6.08. The third kappa shape index (κ3) is 4.64. The molecule has 9 aromatic rings. The third-order valence-electron chi connectivity index (χ3n) is 10.9. The maximum absolute atomic E-state index is 6.46. The molecule has 1 aliphatic rings. The number of anilines is 3. The summed E-state index contributed by atoms with van der Waals surface area (Å²) in [6, 6.07) is 63.7. The van der Waals surface area contributed by atoms with Crippen molar-refractivity contribution >= 4 is 49.8 Å². The number of rotatable bonds is 5. The zero-order valence-electron chi connectivity index (χ0n) is 28.6. The first-order valence-corrected chi connectivity index (χ1v) is 17.7. The van der Waals surface area contributed by atoms with E-state index in [0.29, 0.717) is 0 Å². The van der Waals surface area contributed by atoms with E-state index in [0.717, 1.165) is 39.0 Å². The Morgan fingerprint density at radius 2 is 1.12 bits per heavy atom. The average molecular weight is 654 g/mol. The quantitative estimate of drug-likeness (QED) is 0.184. The van der Waals surface area contributed by atoms with Gasteiger partial charge in [0, 0.05) is 39.2 Å². The molecule has 242 valence electrons. The highest BCUT2D eigenvalue weighted by Crippen LogP contribution is 2.50. The molecule has 0 amide bonds. The number of hydrogen-bond acceptors (Lipinski definition) is 2. The van der Waals surface area contributed by atoms with Gasteiger partial charge in [-0.05, 0) is 92.2 Å². The van der Waals surface area contributed by atoms with Crippen molar-refractivity contribution in [2.45, 2.75) is 19.3 Å². The van der Waals surface area contributed by atoms with Gasteiger partial charge in [-0.15, -0.1) is 0 Å². The molecule has 0 radical (unpaired) electrons. The summed E-state index contributed by atoms with van der Waals surface area (Å²) in [6.45, 7) is 4.69. The van der Waals surface area contributed by atoms with Gasteiger partial charge in [0.15, 0.2) is 0 Å². The summed E-state index contributed by atoms with van der Waals surface area (Å²) in [5.74, 6) is 0. The van der Waals surface area contributed by atoms with Gasteiger partial charge in [-0.25, -0.2) is 0 Å². The van der Waals surface area contributed by atoms with Crippen LogP contribution in [0.15, 0.2) is 180 Å². The zero-order valence-corrected chi connectivity index (χ0v) is 28.6.